The van der Waals surface area contributed by atoms with Gasteiger partial charge in [-0.05, 0) is 18.8 Å². The molecule has 1 unspecified atom stereocenters. The molecule has 0 amide bonds. The van der Waals surface area contributed by atoms with Crippen LogP contribution in [-0.4, -0.2) is 0 Å². The maximum absolute atomic E-state index is 3.61. The summed E-state index contributed by atoms with van der Waals surface area (Å²) >= 11 is 0. The summed E-state index contributed by atoms with van der Waals surface area (Å²) in [4.78, 5) is 0. The van der Waals surface area contributed by atoms with Gasteiger partial charge in [0.2, 0.25) is 0 Å². The van der Waals surface area contributed by atoms with Gasteiger partial charge in [-0.1, -0.05) is 26.3 Å². The molecule has 0 nitrogen and oxygen atoms in total. The summed E-state index contributed by atoms with van der Waals surface area (Å²) in [6.45, 7) is 8.07. The van der Waals surface area contributed by atoms with Crippen LogP contribution in [0.2, 0.25) is 0 Å². The van der Waals surface area contributed by atoms with Crippen molar-refractivity contribution in [3.05, 3.63) is 19.1 Å². The van der Waals surface area contributed by atoms with Gasteiger partial charge in [-0.3, -0.25) is 0 Å². The molecule has 0 saturated carbocycles. The van der Waals surface area contributed by atoms with E-state index in [1.807, 2.05) is 6.08 Å². The molecular formula is C8H15. The summed E-state index contributed by atoms with van der Waals surface area (Å²) in [5.41, 5.74) is 0. The van der Waals surface area contributed by atoms with Crippen LogP contribution in [0, 0.1) is 12.3 Å². The molecule has 0 aromatic carbocycles. The van der Waals surface area contributed by atoms with Gasteiger partial charge in [0.25, 0.3) is 0 Å². The summed E-state index contributed by atoms with van der Waals surface area (Å²) in [5.74, 6) is 0.827. The maximum atomic E-state index is 3.61. The first kappa shape index (κ1) is 7.74. The van der Waals surface area contributed by atoms with Crippen molar-refractivity contribution in [1.82, 2.24) is 0 Å². The second-order valence-corrected chi connectivity index (χ2v) is 2.22. The van der Waals surface area contributed by atoms with Crippen LogP contribution in [0.15, 0.2) is 12.7 Å². The van der Waals surface area contributed by atoms with Crippen molar-refractivity contribution in [2.45, 2.75) is 26.7 Å². The Morgan fingerprint density at radius 1 is 1.62 bits per heavy atom. The van der Waals surface area contributed by atoms with Crippen molar-refractivity contribution in [2.75, 3.05) is 0 Å². The lowest BCUT2D eigenvalue weighted by atomic mass is 10.0. The molecule has 1 radical (unpaired) electrons. The summed E-state index contributed by atoms with van der Waals surface area (Å²) in [6.07, 6.45) is 6.44. The highest BCUT2D eigenvalue weighted by molar-refractivity contribution is 4.86. The van der Waals surface area contributed by atoms with E-state index in [2.05, 4.69) is 26.8 Å². The molecule has 0 aliphatic heterocycles. The van der Waals surface area contributed by atoms with E-state index in [0.29, 0.717) is 0 Å². The van der Waals surface area contributed by atoms with Crippen molar-refractivity contribution in [1.29, 1.82) is 0 Å². The Labute approximate surface area is 52.6 Å². The lowest BCUT2D eigenvalue weighted by Crippen LogP contribution is -1.89. The fourth-order valence-corrected chi connectivity index (χ4v) is 0.495. The van der Waals surface area contributed by atoms with E-state index in [1.165, 1.54) is 12.8 Å². The average molecular weight is 111 g/mol. The second-order valence-electron chi connectivity index (χ2n) is 2.22. The first-order valence-electron chi connectivity index (χ1n) is 3.25. The quantitative estimate of drug-likeness (QED) is 0.523. The molecule has 0 aliphatic carbocycles. The van der Waals surface area contributed by atoms with E-state index < -0.39 is 0 Å². The zero-order valence-corrected chi connectivity index (χ0v) is 5.85. The minimum Gasteiger partial charge on any atom is -0.103 e. The Bertz CT molecular complexity index is 55.1. The maximum Gasteiger partial charge on any atom is -0.0171 e. The van der Waals surface area contributed by atoms with Crippen molar-refractivity contribution in [2.24, 2.45) is 5.92 Å². The lowest BCUT2D eigenvalue weighted by molar-refractivity contribution is 0.560. The molecule has 0 fully saturated rings. The van der Waals surface area contributed by atoms with Gasteiger partial charge in [-0.15, -0.1) is 6.58 Å². The molecule has 47 valence electrons. The first-order valence-corrected chi connectivity index (χ1v) is 3.25. The number of hydrogen-bond acceptors (Lipinski definition) is 0. The molecule has 8 heavy (non-hydrogen) atoms. The third-order valence-electron chi connectivity index (χ3n) is 1.40. The van der Waals surface area contributed by atoms with Gasteiger partial charge in [0.05, 0.1) is 0 Å². The molecule has 0 aliphatic rings. The molecule has 0 N–H and O–H groups in total. The second kappa shape index (κ2) is 4.89. The highest BCUT2D eigenvalue weighted by atomic mass is 14.0. The summed E-state index contributed by atoms with van der Waals surface area (Å²) in [6, 6.07) is 0. The van der Waals surface area contributed by atoms with E-state index >= 15 is 0 Å². The lowest BCUT2D eigenvalue weighted by Gasteiger charge is -2.02. The zero-order valence-electron chi connectivity index (χ0n) is 5.85. The van der Waals surface area contributed by atoms with Crippen molar-refractivity contribution < 1.29 is 0 Å². The molecular weight excluding hydrogens is 96.1 g/mol. The summed E-state index contributed by atoms with van der Waals surface area (Å²) in [5, 5.41) is 0. The summed E-state index contributed by atoms with van der Waals surface area (Å²) in [7, 11) is 0. The Hall–Kier alpha value is -0.260. The summed E-state index contributed by atoms with van der Waals surface area (Å²) < 4.78 is 0. The van der Waals surface area contributed by atoms with Crippen LogP contribution in [0.4, 0.5) is 0 Å². The van der Waals surface area contributed by atoms with E-state index in [0.717, 1.165) is 5.92 Å². The van der Waals surface area contributed by atoms with Gasteiger partial charge in [0, 0.05) is 0 Å². The molecule has 1 atom stereocenters. The largest absolute Gasteiger partial charge is 0.103 e. The van der Waals surface area contributed by atoms with Gasteiger partial charge < -0.3 is 0 Å². The predicted molar refractivity (Wildman–Crippen MR) is 38.6 cm³/mol. The van der Waals surface area contributed by atoms with Crippen molar-refractivity contribution >= 4 is 0 Å². The van der Waals surface area contributed by atoms with Gasteiger partial charge in [0.15, 0.2) is 0 Å². The van der Waals surface area contributed by atoms with E-state index in [-0.39, 0.29) is 0 Å². The van der Waals surface area contributed by atoms with E-state index in [9.17, 15) is 0 Å². The van der Waals surface area contributed by atoms with Crippen molar-refractivity contribution in [3.8, 4) is 0 Å². The molecule has 0 heterocycles. The Kier molecular flexibility index (Phi) is 4.73. The van der Waals surface area contributed by atoms with Gasteiger partial charge >= 0.3 is 0 Å². The van der Waals surface area contributed by atoms with E-state index in [4.69, 9.17) is 0 Å². The molecule has 0 spiro atoms. The van der Waals surface area contributed by atoms with Crippen LogP contribution in [0.3, 0.4) is 0 Å². The Morgan fingerprint density at radius 2 is 2.25 bits per heavy atom. The van der Waals surface area contributed by atoms with Gasteiger partial charge in [0.1, 0.15) is 0 Å². The fraction of sp³-hybridized carbons (Fsp3) is 0.625. The third-order valence-corrected chi connectivity index (χ3v) is 1.40. The number of allylic oxidation sites excluding steroid dienone is 1. The van der Waals surface area contributed by atoms with Gasteiger partial charge in [-0.2, -0.15) is 0 Å². The highest BCUT2D eigenvalue weighted by Crippen LogP contribution is 2.07. The molecule has 0 aromatic heterocycles. The Balaban J connectivity index is 2.97. The monoisotopic (exact) mass is 111 g/mol. The molecule has 0 heteroatoms. The van der Waals surface area contributed by atoms with Crippen LogP contribution in [0.5, 0.6) is 0 Å². The standard InChI is InChI=1S/C8H15/c1-4-6-7-8(3)5-2/h4,6,8H,1,5,7H2,2-3H3. The number of hydrogen-bond donors (Lipinski definition) is 0. The third kappa shape index (κ3) is 3.91. The fourth-order valence-electron chi connectivity index (χ4n) is 0.495. The molecule has 0 bridgehead atoms. The highest BCUT2D eigenvalue weighted by Gasteiger charge is 1.93. The molecule has 0 rings (SSSR count). The van der Waals surface area contributed by atoms with E-state index in [1.54, 1.807) is 0 Å². The molecule has 0 saturated heterocycles. The van der Waals surface area contributed by atoms with Crippen LogP contribution >= 0.6 is 0 Å². The van der Waals surface area contributed by atoms with Crippen LogP contribution < -0.4 is 0 Å². The first-order chi connectivity index (χ1) is 3.81. The topological polar surface area (TPSA) is 0 Å². The molecule has 0 aromatic rings. The zero-order chi connectivity index (χ0) is 6.41. The van der Waals surface area contributed by atoms with Crippen LogP contribution in [0.1, 0.15) is 26.7 Å². The van der Waals surface area contributed by atoms with Gasteiger partial charge in [-0.25, -0.2) is 0 Å². The SMILES string of the molecule is C=C[CH]CC(C)CC. The van der Waals surface area contributed by atoms with Crippen LogP contribution in [0.25, 0.3) is 0 Å². The van der Waals surface area contributed by atoms with Crippen molar-refractivity contribution in [3.63, 3.8) is 0 Å². The predicted octanol–water partition coefficient (Wildman–Crippen LogP) is 2.81. The minimum atomic E-state index is 0.827. The normalized spacial score (nSPS) is 13.2. The minimum absolute atomic E-state index is 0.827. The average Bonchev–Trinajstić information content (AvgIpc) is 1.83. The smallest absolute Gasteiger partial charge is 0.0171 e. The van der Waals surface area contributed by atoms with Crippen LogP contribution in [-0.2, 0) is 0 Å². The Morgan fingerprint density at radius 3 is 2.62 bits per heavy atom. The number of rotatable bonds is 4.